The van der Waals surface area contributed by atoms with Crippen LogP contribution in [0.2, 0.25) is 0 Å². The lowest BCUT2D eigenvalue weighted by Gasteiger charge is -2.09. The summed E-state index contributed by atoms with van der Waals surface area (Å²) in [5.41, 5.74) is -1.52. The van der Waals surface area contributed by atoms with Crippen molar-refractivity contribution in [1.29, 1.82) is 0 Å². The Morgan fingerprint density at radius 1 is 0.700 bits per heavy atom. The Balaban J connectivity index is 2.79. The Labute approximate surface area is 114 Å². The van der Waals surface area contributed by atoms with Crippen LogP contribution in [0.3, 0.4) is 0 Å². The van der Waals surface area contributed by atoms with Crippen molar-refractivity contribution in [3.8, 4) is 11.1 Å². The number of rotatable bonds is 2. The first-order valence-electron chi connectivity index (χ1n) is 5.24. The van der Waals surface area contributed by atoms with Crippen LogP contribution in [0.5, 0.6) is 0 Å². The van der Waals surface area contributed by atoms with Crippen molar-refractivity contribution in [2.45, 2.75) is 5.88 Å². The molecule has 2 aromatic rings. The van der Waals surface area contributed by atoms with Crippen LogP contribution in [-0.4, -0.2) is 0 Å². The van der Waals surface area contributed by atoms with E-state index in [1.165, 1.54) is 0 Å². The van der Waals surface area contributed by atoms with E-state index < -0.39 is 46.0 Å². The van der Waals surface area contributed by atoms with Gasteiger partial charge in [0, 0.05) is 5.88 Å². The molecule has 0 heterocycles. The molecule has 0 N–H and O–H groups in total. The summed E-state index contributed by atoms with van der Waals surface area (Å²) in [5.74, 6) is -11.6. The third kappa shape index (κ3) is 2.35. The molecule has 0 saturated carbocycles. The molecule has 0 unspecified atom stereocenters. The second kappa shape index (κ2) is 5.36. The van der Waals surface area contributed by atoms with Crippen molar-refractivity contribution in [2.24, 2.45) is 0 Å². The molecule has 0 aliphatic heterocycles. The van der Waals surface area contributed by atoms with Crippen molar-refractivity contribution in [2.75, 3.05) is 0 Å². The fourth-order valence-electron chi connectivity index (χ4n) is 1.73. The Hall–Kier alpha value is -1.69. The van der Waals surface area contributed by atoms with Crippen molar-refractivity contribution in [3.63, 3.8) is 0 Å². The van der Waals surface area contributed by atoms with Crippen LogP contribution < -0.4 is 0 Å². The molecule has 106 valence electrons. The first kappa shape index (κ1) is 14.7. The van der Waals surface area contributed by atoms with Gasteiger partial charge in [-0.05, 0) is 29.3 Å². The van der Waals surface area contributed by atoms with Crippen LogP contribution in [0.1, 0.15) is 5.56 Å². The highest BCUT2D eigenvalue weighted by atomic mass is 35.5. The van der Waals surface area contributed by atoms with Crippen LogP contribution in [0.15, 0.2) is 18.2 Å². The number of alkyl halides is 1. The maximum atomic E-state index is 13.6. The molecule has 0 nitrogen and oxygen atoms in total. The second-order valence-electron chi connectivity index (χ2n) is 3.93. The summed E-state index contributed by atoms with van der Waals surface area (Å²) in [4.78, 5) is 0. The Kier molecular flexibility index (Phi) is 3.94. The molecule has 0 aromatic heterocycles. The van der Waals surface area contributed by atoms with Crippen LogP contribution in [0.25, 0.3) is 11.1 Å². The smallest absolute Gasteiger partial charge is 0.200 e. The molecule has 0 amide bonds. The van der Waals surface area contributed by atoms with E-state index >= 15 is 0 Å². The van der Waals surface area contributed by atoms with Gasteiger partial charge in [-0.3, -0.25) is 0 Å². The fraction of sp³-hybridized carbons (Fsp3) is 0.0769. The summed E-state index contributed by atoms with van der Waals surface area (Å²) in [6, 6.07) is 2.70. The Bertz CT molecular complexity index is 654. The topological polar surface area (TPSA) is 0 Å². The van der Waals surface area contributed by atoms with Gasteiger partial charge in [0.2, 0.25) is 5.82 Å². The van der Waals surface area contributed by atoms with Crippen molar-refractivity contribution in [1.82, 2.24) is 0 Å². The van der Waals surface area contributed by atoms with Gasteiger partial charge in [0.1, 0.15) is 5.82 Å². The van der Waals surface area contributed by atoms with E-state index in [1.807, 2.05) is 0 Å². The summed E-state index contributed by atoms with van der Waals surface area (Å²) in [6.45, 7) is 0. The normalized spacial score (nSPS) is 10.9. The predicted octanol–water partition coefficient (Wildman–Crippen LogP) is 4.93. The summed E-state index contributed by atoms with van der Waals surface area (Å²) in [7, 11) is 0. The molecule has 0 fully saturated rings. The number of halogens is 7. The van der Waals surface area contributed by atoms with Gasteiger partial charge in [-0.25, -0.2) is 26.3 Å². The number of hydrogen-bond acceptors (Lipinski definition) is 0. The van der Waals surface area contributed by atoms with E-state index in [4.69, 9.17) is 11.6 Å². The van der Waals surface area contributed by atoms with E-state index in [-0.39, 0.29) is 11.4 Å². The zero-order chi connectivity index (χ0) is 15.0. The lowest BCUT2D eigenvalue weighted by molar-refractivity contribution is 0.381. The maximum Gasteiger partial charge on any atom is 0.200 e. The van der Waals surface area contributed by atoms with Gasteiger partial charge < -0.3 is 0 Å². The standard InChI is InChI=1S/C13H5ClF6/c14-4-5-1-6(3-7(15)2-5)8-9(16)11(18)13(20)12(19)10(8)17/h1-3H,4H2. The molecule has 0 spiro atoms. The highest BCUT2D eigenvalue weighted by Crippen LogP contribution is 2.32. The maximum absolute atomic E-state index is 13.6. The average molecular weight is 311 g/mol. The molecule has 0 saturated heterocycles. The quantitative estimate of drug-likeness (QED) is 0.319. The van der Waals surface area contributed by atoms with Gasteiger partial charge >= 0.3 is 0 Å². The number of hydrogen-bond donors (Lipinski definition) is 0. The van der Waals surface area contributed by atoms with Crippen LogP contribution in [-0.2, 0) is 5.88 Å². The minimum Gasteiger partial charge on any atom is -0.207 e. The van der Waals surface area contributed by atoms with E-state index in [1.54, 1.807) is 0 Å². The van der Waals surface area contributed by atoms with Crippen molar-refractivity contribution < 1.29 is 26.3 Å². The Morgan fingerprint density at radius 3 is 1.70 bits per heavy atom. The zero-order valence-electron chi connectivity index (χ0n) is 9.58. The molecule has 0 atom stereocenters. The van der Waals surface area contributed by atoms with E-state index in [0.717, 1.165) is 12.1 Å². The van der Waals surface area contributed by atoms with Gasteiger partial charge in [0.25, 0.3) is 0 Å². The zero-order valence-corrected chi connectivity index (χ0v) is 10.3. The minimum absolute atomic E-state index is 0.144. The van der Waals surface area contributed by atoms with Gasteiger partial charge in [0.15, 0.2) is 23.3 Å². The number of benzene rings is 2. The fourth-order valence-corrected chi connectivity index (χ4v) is 1.88. The summed E-state index contributed by atoms with van der Waals surface area (Å²) < 4.78 is 79.5. The van der Waals surface area contributed by atoms with Gasteiger partial charge in [0.05, 0.1) is 5.56 Å². The molecule has 20 heavy (non-hydrogen) atoms. The molecule has 0 aliphatic carbocycles. The molecule has 0 radical (unpaired) electrons. The first-order valence-corrected chi connectivity index (χ1v) is 5.77. The highest BCUT2D eigenvalue weighted by molar-refractivity contribution is 6.17. The highest BCUT2D eigenvalue weighted by Gasteiger charge is 2.26. The minimum atomic E-state index is -2.27. The SMILES string of the molecule is Fc1cc(CCl)cc(-c2c(F)c(F)c(F)c(F)c2F)c1. The van der Waals surface area contributed by atoms with Crippen molar-refractivity contribution in [3.05, 3.63) is 58.7 Å². The predicted molar refractivity (Wildman–Crippen MR) is 61.2 cm³/mol. The molecule has 2 aromatic carbocycles. The summed E-state index contributed by atoms with van der Waals surface area (Å²) in [6.07, 6.45) is 0. The van der Waals surface area contributed by atoms with Gasteiger partial charge in [-0.2, -0.15) is 0 Å². The lowest BCUT2D eigenvalue weighted by atomic mass is 10.0. The van der Waals surface area contributed by atoms with Crippen LogP contribution in [0, 0.1) is 34.9 Å². The van der Waals surface area contributed by atoms with Crippen LogP contribution >= 0.6 is 11.6 Å². The Morgan fingerprint density at radius 2 is 1.20 bits per heavy atom. The third-order valence-electron chi connectivity index (χ3n) is 2.61. The monoisotopic (exact) mass is 310 g/mol. The lowest BCUT2D eigenvalue weighted by Crippen LogP contribution is -2.04. The van der Waals surface area contributed by atoms with E-state index in [0.29, 0.717) is 6.07 Å². The van der Waals surface area contributed by atoms with E-state index in [2.05, 4.69) is 0 Å². The third-order valence-corrected chi connectivity index (χ3v) is 2.92. The van der Waals surface area contributed by atoms with Gasteiger partial charge in [-0.15, -0.1) is 11.6 Å². The summed E-state index contributed by atoms with van der Waals surface area (Å²) >= 11 is 5.46. The van der Waals surface area contributed by atoms with E-state index in [9.17, 15) is 26.3 Å². The first-order chi connectivity index (χ1) is 9.36. The molecule has 7 heteroatoms. The molecular formula is C13H5ClF6. The van der Waals surface area contributed by atoms with Crippen molar-refractivity contribution >= 4 is 11.6 Å². The average Bonchev–Trinajstić information content (AvgIpc) is 2.42. The van der Waals surface area contributed by atoms with Gasteiger partial charge in [-0.1, -0.05) is 0 Å². The largest absolute Gasteiger partial charge is 0.207 e. The second-order valence-corrected chi connectivity index (χ2v) is 4.19. The molecule has 2 rings (SSSR count). The molecule has 0 aliphatic rings. The molecule has 0 bridgehead atoms. The van der Waals surface area contributed by atoms with Crippen LogP contribution in [0.4, 0.5) is 26.3 Å². The molecular weight excluding hydrogens is 306 g/mol. The summed E-state index contributed by atoms with van der Waals surface area (Å²) in [5, 5.41) is 0.